The summed E-state index contributed by atoms with van der Waals surface area (Å²) in [5.41, 5.74) is -1.33. The minimum absolute atomic E-state index is 0.0209. The second kappa shape index (κ2) is 6.78. The van der Waals surface area contributed by atoms with Gasteiger partial charge in [0.05, 0.1) is 10.2 Å². The van der Waals surface area contributed by atoms with Crippen molar-refractivity contribution in [3.8, 4) is 0 Å². The Morgan fingerprint density at radius 1 is 1.32 bits per heavy atom. The number of rotatable bonds is 6. The number of aliphatic carboxylic acids is 1. The summed E-state index contributed by atoms with van der Waals surface area (Å²) in [7, 11) is 1.45. The summed E-state index contributed by atoms with van der Waals surface area (Å²) in [6.45, 7) is 4.58. The maximum atomic E-state index is 12.3. The van der Waals surface area contributed by atoms with E-state index in [4.69, 9.17) is 5.11 Å². The lowest BCUT2D eigenvalue weighted by Crippen LogP contribution is -2.52. The molecule has 0 radical (unpaired) electrons. The van der Waals surface area contributed by atoms with Crippen molar-refractivity contribution in [2.24, 2.45) is 0 Å². The first-order valence-electron chi connectivity index (χ1n) is 6.49. The molecule has 1 atom stereocenters. The number of amides is 1. The molecule has 0 aliphatic rings. The highest BCUT2D eigenvalue weighted by atomic mass is 32.2. The molecule has 1 aromatic rings. The van der Waals surface area contributed by atoms with Gasteiger partial charge in [-0.2, -0.15) is 0 Å². The molecule has 1 unspecified atom stereocenters. The second-order valence-electron chi connectivity index (χ2n) is 5.27. The topological polar surface area (TPSA) is 101 Å². The molecule has 1 N–H and O–H groups in total. The van der Waals surface area contributed by atoms with Crippen LogP contribution in [0, 0.1) is 10.1 Å². The van der Waals surface area contributed by atoms with Gasteiger partial charge in [0.15, 0.2) is 0 Å². The van der Waals surface area contributed by atoms with Gasteiger partial charge in [-0.15, -0.1) is 11.8 Å². The SMILES string of the molecule is CC(Sc1ccc([N+](=O)[O-])cc1)C(=O)N(C)C(C)(C)C(=O)O. The summed E-state index contributed by atoms with van der Waals surface area (Å²) in [5.74, 6) is -1.41. The number of nitro benzene ring substituents is 1. The van der Waals surface area contributed by atoms with E-state index in [9.17, 15) is 19.7 Å². The van der Waals surface area contributed by atoms with Crippen LogP contribution >= 0.6 is 11.8 Å². The van der Waals surface area contributed by atoms with Gasteiger partial charge in [-0.25, -0.2) is 4.79 Å². The first-order valence-corrected chi connectivity index (χ1v) is 7.37. The third kappa shape index (κ3) is 3.97. The Kier molecular flexibility index (Phi) is 5.54. The van der Waals surface area contributed by atoms with Gasteiger partial charge in [0, 0.05) is 24.1 Å². The van der Waals surface area contributed by atoms with Gasteiger partial charge in [-0.05, 0) is 32.9 Å². The number of carbonyl (C=O) groups excluding carboxylic acids is 1. The minimum atomic E-state index is -1.30. The summed E-state index contributed by atoms with van der Waals surface area (Å²) >= 11 is 1.22. The summed E-state index contributed by atoms with van der Waals surface area (Å²) in [4.78, 5) is 35.5. The molecule has 0 aliphatic carbocycles. The summed E-state index contributed by atoms with van der Waals surface area (Å²) in [6, 6.07) is 5.86. The molecule has 7 nitrogen and oxygen atoms in total. The molecule has 1 aromatic carbocycles. The van der Waals surface area contributed by atoms with Crippen molar-refractivity contribution in [2.75, 3.05) is 7.05 Å². The molecule has 1 amide bonds. The molecule has 0 heterocycles. The molecule has 1 rings (SSSR count). The monoisotopic (exact) mass is 326 g/mol. The van der Waals surface area contributed by atoms with E-state index >= 15 is 0 Å². The lowest BCUT2D eigenvalue weighted by molar-refractivity contribution is -0.384. The minimum Gasteiger partial charge on any atom is -0.480 e. The predicted octanol–water partition coefficient (Wildman–Crippen LogP) is 2.40. The average molecular weight is 326 g/mol. The van der Waals surface area contributed by atoms with E-state index in [2.05, 4.69) is 0 Å². The molecular formula is C14H18N2O5S. The molecule has 0 spiro atoms. The van der Waals surface area contributed by atoms with E-state index in [1.807, 2.05) is 0 Å². The first kappa shape index (κ1) is 18.0. The quantitative estimate of drug-likeness (QED) is 0.489. The Bertz CT molecular complexity index is 585. The highest BCUT2D eigenvalue weighted by molar-refractivity contribution is 8.00. The van der Waals surface area contributed by atoms with Gasteiger partial charge in [-0.1, -0.05) is 0 Å². The van der Waals surface area contributed by atoms with Crippen molar-refractivity contribution in [1.82, 2.24) is 4.90 Å². The second-order valence-corrected chi connectivity index (χ2v) is 6.69. The molecule has 0 aromatic heterocycles. The van der Waals surface area contributed by atoms with Crippen LogP contribution in [-0.4, -0.2) is 44.6 Å². The van der Waals surface area contributed by atoms with Crippen LogP contribution in [0.25, 0.3) is 0 Å². The predicted molar refractivity (Wildman–Crippen MR) is 82.9 cm³/mol. The van der Waals surface area contributed by atoms with E-state index in [0.29, 0.717) is 4.90 Å². The van der Waals surface area contributed by atoms with Gasteiger partial charge in [0.25, 0.3) is 5.69 Å². The molecule has 0 bridgehead atoms. The van der Waals surface area contributed by atoms with Crippen LogP contribution in [0.5, 0.6) is 0 Å². The highest BCUT2D eigenvalue weighted by Gasteiger charge is 2.36. The van der Waals surface area contributed by atoms with Gasteiger partial charge in [-0.3, -0.25) is 14.9 Å². The van der Waals surface area contributed by atoms with Crippen molar-refractivity contribution < 1.29 is 19.6 Å². The van der Waals surface area contributed by atoms with Crippen molar-refractivity contribution in [3.63, 3.8) is 0 Å². The molecule has 22 heavy (non-hydrogen) atoms. The van der Waals surface area contributed by atoms with Crippen molar-refractivity contribution in [1.29, 1.82) is 0 Å². The number of hydrogen-bond donors (Lipinski definition) is 1. The average Bonchev–Trinajstić information content (AvgIpc) is 2.45. The Labute approximate surface area is 132 Å². The molecule has 0 fully saturated rings. The fourth-order valence-electron chi connectivity index (χ4n) is 1.59. The molecular weight excluding hydrogens is 308 g/mol. The third-order valence-corrected chi connectivity index (χ3v) is 4.50. The van der Waals surface area contributed by atoms with Crippen LogP contribution in [-0.2, 0) is 9.59 Å². The van der Waals surface area contributed by atoms with E-state index in [0.717, 1.165) is 0 Å². The molecule has 0 aliphatic heterocycles. The van der Waals surface area contributed by atoms with E-state index < -0.39 is 21.7 Å². The van der Waals surface area contributed by atoms with Crippen LogP contribution in [0.4, 0.5) is 5.69 Å². The number of likely N-dealkylation sites (N-methyl/N-ethyl adjacent to an activating group) is 1. The van der Waals surface area contributed by atoms with Gasteiger partial charge in [0.1, 0.15) is 5.54 Å². The fourth-order valence-corrected chi connectivity index (χ4v) is 2.55. The largest absolute Gasteiger partial charge is 0.480 e. The molecule has 0 saturated heterocycles. The highest BCUT2D eigenvalue weighted by Crippen LogP contribution is 2.27. The third-order valence-electron chi connectivity index (χ3n) is 3.40. The van der Waals surface area contributed by atoms with Gasteiger partial charge < -0.3 is 10.0 Å². The summed E-state index contributed by atoms with van der Waals surface area (Å²) < 4.78 is 0. The lowest BCUT2D eigenvalue weighted by atomic mass is 10.0. The lowest BCUT2D eigenvalue weighted by Gasteiger charge is -2.33. The number of nitrogens with zero attached hydrogens (tertiary/aromatic N) is 2. The number of benzene rings is 1. The van der Waals surface area contributed by atoms with Crippen LogP contribution in [0.1, 0.15) is 20.8 Å². The van der Waals surface area contributed by atoms with Crippen LogP contribution < -0.4 is 0 Å². The number of carboxylic acid groups (broad SMARTS) is 1. The zero-order valence-corrected chi connectivity index (χ0v) is 13.6. The summed E-state index contributed by atoms with van der Waals surface area (Å²) in [6.07, 6.45) is 0. The van der Waals surface area contributed by atoms with E-state index in [1.165, 1.54) is 49.7 Å². The van der Waals surface area contributed by atoms with Crippen molar-refractivity contribution in [3.05, 3.63) is 34.4 Å². The van der Waals surface area contributed by atoms with E-state index in [-0.39, 0.29) is 11.6 Å². The molecule has 0 saturated carbocycles. The van der Waals surface area contributed by atoms with Crippen molar-refractivity contribution in [2.45, 2.75) is 36.5 Å². The van der Waals surface area contributed by atoms with E-state index in [1.54, 1.807) is 19.1 Å². The Balaban J connectivity index is 2.79. The van der Waals surface area contributed by atoms with Crippen LogP contribution in [0.2, 0.25) is 0 Å². The maximum absolute atomic E-state index is 12.3. The normalized spacial score (nSPS) is 12.5. The Hall–Kier alpha value is -2.09. The molecule has 8 heteroatoms. The number of carbonyl (C=O) groups is 2. The summed E-state index contributed by atoms with van der Waals surface area (Å²) in [5, 5.41) is 19.2. The number of carboxylic acids is 1. The number of hydrogen-bond acceptors (Lipinski definition) is 5. The zero-order valence-electron chi connectivity index (χ0n) is 12.8. The number of thioether (sulfide) groups is 1. The number of non-ortho nitro benzene ring substituents is 1. The smallest absolute Gasteiger partial charge is 0.329 e. The van der Waals surface area contributed by atoms with Crippen LogP contribution in [0.15, 0.2) is 29.2 Å². The zero-order chi connectivity index (χ0) is 17.1. The first-order chi connectivity index (χ1) is 10.1. The standard InChI is InChI=1S/C14H18N2O5S/c1-9(12(17)15(4)14(2,3)13(18)19)22-11-7-5-10(6-8-11)16(20)21/h5-9H,1-4H3,(H,18,19). The molecule has 120 valence electrons. The Morgan fingerprint density at radius 2 is 1.82 bits per heavy atom. The number of nitro groups is 1. The maximum Gasteiger partial charge on any atom is 0.329 e. The van der Waals surface area contributed by atoms with Crippen molar-refractivity contribution >= 4 is 29.3 Å². The van der Waals surface area contributed by atoms with Gasteiger partial charge in [0.2, 0.25) is 5.91 Å². The van der Waals surface area contributed by atoms with Crippen LogP contribution in [0.3, 0.4) is 0 Å². The van der Waals surface area contributed by atoms with Gasteiger partial charge >= 0.3 is 5.97 Å². The Morgan fingerprint density at radius 3 is 2.23 bits per heavy atom. The fraction of sp³-hybridized carbons (Fsp3) is 0.429.